The lowest BCUT2D eigenvalue weighted by Crippen LogP contribution is -2.48. The molecule has 1 saturated heterocycles. The monoisotopic (exact) mass is 440 g/mol. The van der Waals surface area contributed by atoms with Gasteiger partial charge in [-0.1, -0.05) is 6.07 Å². The molecule has 30 heavy (non-hydrogen) atoms. The number of ether oxygens (including phenoxy) is 1. The molecule has 1 unspecified atom stereocenters. The Morgan fingerprint density at radius 1 is 1.27 bits per heavy atom. The number of likely N-dealkylation sites (N-methyl/N-ethyl adjacent to an activating group) is 1. The highest BCUT2D eigenvalue weighted by molar-refractivity contribution is 7.89. The Labute approximate surface area is 176 Å². The van der Waals surface area contributed by atoms with Crippen molar-refractivity contribution in [2.75, 3.05) is 40.4 Å². The van der Waals surface area contributed by atoms with E-state index in [1.165, 1.54) is 37.3 Å². The van der Waals surface area contributed by atoms with Gasteiger partial charge in [-0.05, 0) is 37.5 Å². The van der Waals surface area contributed by atoms with E-state index in [0.29, 0.717) is 24.9 Å². The van der Waals surface area contributed by atoms with Gasteiger partial charge in [-0.25, -0.2) is 13.1 Å². The molecule has 3 amide bonds. The van der Waals surface area contributed by atoms with Gasteiger partial charge in [0.05, 0.1) is 18.0 Å². The highest BCUT2D eigenvalue weighted by Gasteiger charge is 2.33. The molecule has 1 atom stereocenters. The third-order valence-electron chi connectivity index (χ3n) is 4.88. The van der Waals surface area contributed by atoms with E-state index < -0.39 is 22.0 Å². The number of aryl methyl sites for hydroxylation is 1. The van der Waals surface area contributed by atoms with Crippen molar-refractivity contribution in [1.82, 2.24) is 20.3 Å². The number of likely N-dealkylation sites (tertiary alicyclic amines) is 1. The summed E-state index contributed by atoms with van der Waals surface area (Å²) < 4.78 is 31.9. The first-order chi connectivity index (χ1) is 14.2. The molecule has 1 aromatic carbocycles. The number of carbonyl (C=O) groups excluding carboxylic acids is 3. The number of hydrogen-bond donors (Lipinski definition) is 3. The number of nitrogens with one attached hydrogen (secondary N) is 3. The van der Waals surface area contributed by atoms with Crippen LogP contribution in [-0.4, -0.2) is 77.5 Å². The summed E-state index contributed by atoms with van der Waals surface area (Å²) in [6.07, 6.45) is 1.29. The fourth-order valence-electron chi connectivity index (χ4n) is 3.23. The van der Waals surface area contributed by atoms with Crippen molar-refractivity contribution in [2.45, 2.75) is 30.7 Å². The molecule has 10 nitrogen and oxygen atoms in total. The van der Waals surface area contributed by atoms with Crippen LogP contribution in [0.5, 0.6) is 0 Å². The van der Waals surface area contributed by atoms with Crippen molar-refractivity contribution < 1.29 is 27.5 Å². The predicted molar refractivity (Wildman–Crippen MR) is 109 cm³/mol. The maximum absolute atomic E-state index is 12.6. The largest absolute Gasteiger partial charge is 0.383 e. The SMILES string of the molecule is CNC(=O)C1CCCN1C(=O)CNC(=O)c1cc(S(=O)(=O)NCCOC)ccc1C. The zero-order valence-corrected chi connectivity index (χ0v) is 18.2. The summed E-state index contributed by atoms with van der Waals surface area (Å²) in [6.45, 7) is 2.16. The first kappa shape index (κ1) is 23.8. The summed E-state index contributed by atoms with van der Waals surface area (Å²) in [5.41, 5.74) is 0.724. The van der Waals surface area contributed by atoms with E-state index in [0.717, 1.165) is 0 Å². The summed E-state index contributed by atoms with van der Waals surface area (Å²) >= 11 is 0. The zero-order valence-electron chi connectivity index (χ0n) is 17.4. The van der Waals surface area contributed by atoms with E-state index in [9.17, 15) is 22.8 Å². The minimum absolute atomic E-state index is 0.0556. The maximum atomic E-state index is 12.6. The Kier molecular flexibility index (Phi) is 8.33. The number of sulfonamides is 1. The zero-order chi connectivity index (χ0) is 22.3. The van der Waals surface area contributed by atoms with Crippen molar-refractivity contribution in [3.63, 3.8) is 0 Å². The molecule has 166 valence electrons. The highest BCUT2D eigenvalue weighted by atomic mass is 32.2. The van der Waals surface area contributed by atoms with Crippen LogP contribution in [0.25, 0.3) is 0 Å². The van der Waals surface area contributed by atoms with Crippen LogP contribution in [0.1, 0.15) is 28.8 Å². The van der Waals surface area contributed by atoms with Gasteiger partial charge in [-0.3, -0.25) is 14.4 Å². The summed E-state index contributed by atoms with van der Waals surface area (Å²) in [5.74, 6) is -1.16. The van der Waals surface area contributed by atoms with Crippen molar-refractivity contribution in [3.8, 4) is 0 Å². The maximum Gasteiger partial charge on any atom is 0.252 e. The van der Waals surface area contributed by atoms with Crippen LogP contribution in [0.3, 0.4) is 0 Å². The number of rotatable bonds is 9. The van der Waals surface area contributed by atoms with E-state index in [1.54, 1.807) is 6.92 Å². The van der Waals surface area contributed by atoms with Gasteiger partial charge in [0, 0.05) is 32.8 Å². The molecule has 0 bridgehead atoms. The number of methoxy groups -OCH3 is 1. The van der Waals surface area contributed by atoms with E-state index in [1.807, 2.05) is 0 Å². The van der Waals surface area contributed by atoms with Gasteiger partial charge in [0.15, 0.2) is 0 Å². The number of hydrogen-bond acceptors (Lipinski definition) is 6. The number of carbonyl (C=O) groups is 3. The second kappa shape index (κ2) is 10.5. The first-order valence-corrected chi connectivity index (χ1v) is 11.1. The minimum Gasteiger partial charge on any atom is -0.383 e. The topological polar surface area (TPSA) is 134 Å². The van der Waals surface area contributed by atoms with Gasteiger partial charge in [-0.15, -0.1) is 0 Å². The van der Waals surface area contributed by atoms with Gasteiger partial charge >= 0.3 is 0 Å². The minimum atomic E-state index is -3.80. The molecule has 2 rings (SSSR count). The van der Waals surface area contributed by atoms with Crippen LogP contribution in [0.2, 0.25) is 0 Å². The van der Waals surface area contributed by atoms with E-state index in [4.69, 9.17) is 4.74 Å². The van der Waals surface area contributed by atoms with Gasteiger partial charge in [0.1, 0.15) is 6.04 Å². The third-order valence-corrected chi connectivity index (χ3v) is 6.34. The Morgan fingerprint density at radius 3 is 2.67 bits per heavy atom. The number of amides is 3. The second-order valence-corrected chi connectivity index (χ2v) is 8.68. The van der Waals surface area contributed by atoms with Crippen LogP contribution in [0, 0.1) is 6.92 Å². The molecule has 1 fully saturated rings. The lowest BCUT2D eigenvalue weighted by molar-refractivity contribution is -0.137. The molecule has 11 heteroatoms. The van der Waals surface area contributed by atoms with Crippen LogP contribution in [0.15, 0.2) is 23.1 Å². The fourth-order valence-corrected chi connectivity index (χ4v) is 4.27. The summed E-state index contributed by atoms with van der Waals surface area (Å²) in [6, 6.07) is 3.68. The molecular formula is C19H28N4O6S. The van der Waals surface area contributed by atoms with Crippen molar-refractivity contribution >= 4 is 27.7 Å². The molecule has 0 radical (unpaired) electrons. The standard InChI is InChI=1S/C19H28N4O6S/c1-13-6-7-14(30(27,28)22-8-10-29-3)11-15(13)18(25)21-12-17(24)23-9-4-5-16(23)19(26)20-2/h6-7,11,16,22H,4-5,8-10,12H2,1-3H3,(H,20,26)(H,21,25). The molecular weight excluding hydrogens is 412 g/mol. The Morgan fingerprint density at radius 2 is 2.00 bits per heavy atom. The molecule has 1 aliphatic rings. The summed E-state index contributed by atoms with van der Waals surface area (Å²) in [7, 11) is -0.825. The van der Waals surface area contributed by atoms with Gasteiger partial charge in [0.2, 0.25) is 21.8 Å². The van der Waals surface area contributed by atoms with E-state index in [-0.39, 0.29) is 42.0 Å². The van der Waals surface area contributed by atoms with Crippen LogP contribution in [-0.2, 0) is 24.3 Å². The third kappa shape index (κ3) is 5.77. The van der Waals surface area contributed by atoms with Gasteiger partial charge < -0.3 is 20.3 Å². The van der Waals surface area contributed by atoms with Crippen molar-refractivity contribution in [3.05, 3.63) is 29.3 Å². The number of benzene rings is 1. The summed E-state index contributed by atoms with van der Waals surface area (Å²) in [5, 5.41) is 5.07. The normalized spacial score (nSPS) is 16.4. The van der Waals surface area contributed by atoms with Crippen molar-refractivity contribution in [2.24, 2.45) is 0 Å². The van der Waals surface area contributed by atoms with E-state index >= 15 is 0 Å². The Hall–Kier alpha value is -2.50. The molecule has 0 saturated carbocycles. The fraction of sp³-hybridized carbons (Fsp3) is 0.526. The molecule has 3 N–H and O–H groups in total. The quantitative estimate of drug-likeness (QED) is 0.439. The second-order valence-electron chi connectivity index (χ2n) is 6.91. The van der Waals surface area contributed by atoms with Crippen LogP contribution >= 0.6 is 0 Å². The molecule has 0 aromatic heterocycles. The van der Waals surface area contributed by atoms with Crippen LogP contribution < -0.4 is 15.4 Å². The van der Waals surface area contributed by atoms with Crippen molar-refractivity contribution in [1.29, 1.82) is 0 Å². The molecule has 1 aliphatic heterocycles. The average molecular weight is 441 g/mol. The Bertz CT molecular complexity index is 902. The molecule has 0 spiro atoms. The van der Waals surface area contributed by atoms with E-state index in [2.05, 4.69) is 15.4 Å². The molecule has 1 heterocycles. The molecule has 0 aliphatic carbocycles. The molecule has 1 aromatic rings. The first-order valence-electron chi connectivity index (χ1n) is 9.59. The lowest BCUT2D eigenvalue weighted by Gasteiger charge is -2.23. The summed E-state index contributed by atoms with van der Waals surface area (Å²) in [4.78, 5) is 38.4. The van der Waals surface area contributed by atoms with Gasteiger partial charge in [0.25, 0.3) is 5.91 Å². The highest BCUT2D eigenvalue weighted by Crippen LogP contribution is 2.18. The Balaban J connectivity index is 2.06. The average Bonchev–Trinajstić information content (AvgIpc) is 3.21. The van der Waals surface area contributed by atoms with Gasteiger partial charge in [-0.2, -0.15) is 0 Å². The predicted octanol–water partition coefficient (Wildman–Crippen LogP) is -0.613. The van der Waals surface area contributed by atoms with Crippen LogP contribution in [0.4, 0.5) is 0 Å². The smallest absolute Gasteiger partial charge is 0.252 e. The number of nitrogens with zero attached hydrogens (tertiary/aromatic N) is 1. The lowest BCUT2D eigenvalue weighted by atomic mass is 10.1.